The summed E-state index contributed by atoms with van der Waals surface area (Å²) in [7, 11) is 2.20. The van der Waals surface area contributed by atoms with Crippen LogP contribution < -0.4 is 0 Å². The highest BCUT2D eigenvalue weighted by atomic mass is 16.1. The first-order valence-electron chi connectivity index (χ1n) is 3.76. The van der Waals surface area contributed by atoms with Gasteiger partial charge in [-0.1, -0.05) is 6.92 Å². The summed E-state index contributed by atoms with van der Waals surface area (Å²) in [6, 6.07) is 0. The molecule has 1 heterocycles. The van der Waals surface area contributed by atoms with Gasteiger partial charge >= 0.3 is 0 Å². The normalized spacial score (nSPS) is 21.4. The molecule has 0 radical (unpaired) electrons. The third-order valence-corrected chi connectivity index (χ3v) is 2.01. The highest BCUT2D eigenvalue weighted by molar-refractivity contribution is 5.10. The molecule has 60 valence electrons. The first-order valence-corrected chi connectivity index (χ1v) is 3.76. The van der Waals surface area contributed by atoms with Gasteiger partial charge in [0.1, 0.15) is 6.79 Å². The van der Waals surface area contributed by atoms with E-state index in [1.54, 1.807) is 0 Å². The molecule has 1 saturated heterocycles. The van der Waals surface area contributed by atoms with Gasteiger partial charge in [0.2, 0.25) is 0 Å². The van der Waals surface area contributed by atoms with E-state index in [4.69, 9.17) is 4.79 Å². The van der Waals surface area contributed by atoms with E-state index in [1.165, 1.54) is 25.9 Å². The lowest BCUT2D eigenvalue weighted by molar-refractivity contribution is -0.0979. The van der Waals surface area contributed by atoms with Crippen LogP contribution in [-0.4, -0.2) is 31.8 Å². The molecular formula is C8H17NO. The Balaban J connectivity index is 0.000000371. The Hall–Kier alpha value is -0.370. The zero-order valence-electron chi connectivity index (χ0n) is 6.97. The van der Waals surface area contributed by atoms with Crippen LogP contribution in [0.4, 0.5) is 0 Å². The van der Waals surface area contributed by atoms with Gasteiger partial charge in [-0.05, 0) is 38.9 Å². The fourth-order valence-corrected chi connectivity index (χ4v) is 1.14. The minimum atomic E-state index is 0.978. The molecule has 0 aliphatic carbocycles. The fourth-order valence-electron chi connectivity index (χ4n) is 1.14. The van der Waals surface area contributed by atoms with E-state index in [0.717, 1.165) is 5.92 Å². The molecule has 0 amide bonds. The van der Waals surface area contributed by atoms with Crippen molar-refractivity contribution in [2.24, 2.45) is 5.92 Å². The largest absolute Gasteiger partial charge is 0.307 e. The maximum Gasteiger partial charge on any atom is 0.106 e. The SMILES string of the molecule is C=O.CC1CCN(C)CC1. The number of carbonyl (C=O) groups is 1. The van der Waals surface area contributed by atoms with Gasteiger partial charge in [0, 0.05) is 0 Å². The van der Waals surface area contributed by atoms with Crippen molar-refractivity contribution in [3.05, 3.63) is 0 Å². The van der Waals surface area contributed by atoms with Gasteiger partial charge in [-0.25, -0.2) is 0 Å². The molecular weight excluding hydrogens is 126 g/mol. The number of likely N-dealkylation sites (tertiary alicyclic amines) is 1. The molecule has 2 nitrogen and oxygen atoms in total. The van der Waals surface area contributed by atoms with E-state index >= 15 is 0 Å². The van der Waals surface area contributed by atoms with Crippen molar-refractivity contribution in [2.75, 3.05) is 20.1 Å². The number of hydrogen-bond acceptors (Lipinski definition) is 2. The second kappa shape index (κ2) is 5.42. The summed E-state index contributed by atoms with van der Waals surface area (Å²) in [5.74, 6) is 0.978. The molecule has 0 spiro atoms. The predicted molar refractivity (Wildman–Crippen MR) is 43.0 cm³/mol. The summed E-state index contributed by atoms with van der Waals surface area (Å²) in [6.07, 6.45) is 2.80. The van der Waals surface area contributed by atoms with Crippen LogP contribution in [0.3, 0.4) is 0 Å². The molecule has 0 atom stereocenters. The molecule has 2 heteroatoms. The van der Waals surface area contributed by atoms with Crippen LogP contribution in [-0.2, 0) is 4.79 Å². The van der Waals surface area contributed by atoms with Crippen LogP contribution in [0.15, 0.2) is 0 Å². The van der Waals surface area contributed by atoms with Gasteiger partial charge in [0.15, 0.2) is 0 Å². The standard InChI is InChI=1S/C7H15N.CH2O/c1-7-3-5-8(2)6-4-7;1-2/h7H,3-6H2,1-2H3;1H2. The van der Waals surface area contributed by atoms with E-state index in [0.29, 0.717) is 0 Å². The van der Waals surface area contributed by atoms with Crippen LogP contribution >= 0.6 is 0 Å². The quantitative estimate of drug-likeness (QED) is 0.507. The van der Waals surface area contributed by atoms with E-state index in [2.05, 4.69) is 18.9 Å². The molecule has 1 rings (SSSR count). The second-order valence-electron chi connectivity index (χ2n) is 2.99. The Kier molecular flexibility index (Phi) is 5.22. The van der Waals surface area contributed by atoms with Crippen LogP contribution in [0, 0.1) is 5.92 Å². The molecule has 1 fully saturated rings. The van der Waals surface area contributed by atoms with Crippen LogP contribution in [0.2, 0.25) is 0 Å². The number of hydrogen-bond donors (Lipinski definition) is 0. The zero-order chi connectivity index (χ0) is 7.98. The van der Waals surface area contributed by atoms with Crippen molar-refractivity contribution < 1.29 is 4.79 Å². The summed E-state index contributed by atoms with van der Waals surface area (Å²) in [4.78, 5) is 10.4. The van der Waals surface area contributed by atoms with E-state index in [9.17, 15) is 0 Å². The molecule has 10 heavy (non-hydrogen) atoms. The molecule has 0 saturated carbocycles. The molecule has 1 aliphatic heterocycles. The van der Waals surface area contributed by atoms with Gasteiger partial charge in [-0.3, -0.25) is 0 Å². The molecule has 0 N–H and O–H groups in total. The maximum absolute atomic E-state index is 8.00. The highest BCUT2D eigenvalue weighted by Crippen LogP contribution is 2.13. The molecule has 0 unspecified atom stereocenters. The molecule has 0 bridgehead atoms. The van der Waals surface area contributed by atoms with Gasteiger partial charge in [-0.2, -0.15) is 0 Å². The van der Waals surface area contributed by atoms with Crippen molar-refractivity contribution in [3.8, 4) is 0 Å². The summed E-state index contributed by atoms with van der Waals surface area (Å²) < 4.78 is 0. The van der Waals surface area contributed by atoms with Gasteiger partial charge in [0.25, 0.3) is 0 Å². The predicted octanol–water partition coefficient (Wildman–Crippen LogP) is 1.16. The van der Waals surface area contributed by atoms with Crippen molar-refractivity contribution >= 4 is 6.79 Å². The minimum absolute atomic E-state index is 0.978. The lowest BCUT2D eigenvalue weighted by atomic mass is 10.00. The summed E-state index contributed by atoms with van der Waals surface area (Å²) in [6.45, 7) is 6.95. The minimum Gasteiger partial charge on any atom is -0.307 e. The Labute approximate surface area is 63.2 Å². The number of piperidine rings is 1. The number of nitrogens with zero attached hydrogens (tertiary/aromatic N) is 1. The van der Waals surface area contributed by atoms with Crippen LogP contribution in [0.5, 0.6) is 0 Å². The van der Waals surface area contributed by atoms with Crippen LogP contribution in [0.1, 0.15) is 19.8 Å². The Morgan fingerprint density at radius 1 is 1.30 bits per heavy atom. The van der Waals surface area contributed by atoms with E-state index in [1.807, 2.05) is 6.79 Å². The lowest BCUT2D eigenvalue weighted by Crippen LogP contribution is -2.28. The fraction of sp³-hybridized carbons (Fsp3) is 0.875. The van der Waals surface area contributed by atoms with E-state index < -0.39 is 0 Å². The number of carbonyl (C=O) groups excluding carboxylic acids is 1. The van der Waals surface area contributed by atoms with E-state index in [-0.39, 0.29) is 0 Å². The van der Waals surface area contributed by atoms with Crippen molar-refractivity contribution in [1.82, 2.24) is 4.90 Å². The maximum atomic E-state index is 8.00. The molecule has 0 aromatic heterocycles. The third kappa shape index (κ3) is 3.62. The smallest absolute Gasteiger partial charge is 0.106 e. The average molecular weight is 143 g/mol. The second-order valence-corrected chi connectivity index (χ2v) is 2.99. The number of rotatable bonds is 0. The molecule has 0 aromatic rings. The van der Waals surface area contributed by atoms with Crippen LogP contribution in [0.25, 0.3) is 0 Å². The van der Waals surface area contributed by atoms with Gasteiger partial charge in [0.05, 0.1) is 0 Å². The van der Waals surface area contributed by atoms with Crippen molar-refractivity contribution in [2.45, 2.75) is 19.8 Å². The summed E-state index contributed by atoms with van der Waals surface area (Å²) in [5, 5.41) is 0. The molecule has 0 aromatic carbocycles. The zero-order valence-corrected chi connectivity index (χ0v) is 6.97. The summed E-state index contributed by atoms with van der Waals surface area (Å²) >= 11 is 0. The van der Waals surface area contributed by atoms with Crippen molar-refractivity contribution in [1.29, 1.82) is 0 Å². The van der Waals surface area contributed by atoms with Crippen molar-refractivity contribution in [3.63, 3.8) is 0 Å². The first kappa shape index (κ1) is 9.63. The third-order valence-electron chi connectivity index (χ3n) is 2.01. The Morgan fingerprint density at radius 2 is 1.70 bits per heavy atom. The van der Waals surface area contributed by atoms with Gasteiger partial charge in [-0.15, -0.1) is 0 Å². The first-order chi connectivity index (χ1) is 4.79. The summed E-state index contributed by atoms with van der Waals surface area (Å²) in [5.41, 5.74) is 0. The monoisotopic (exact) mass is 143 g/mol. The lowest BCUT2D eigenvalue weighted by Gasteiger charge is -2.26. The topological polar surface area (TPSA) is 20.3 Å². The highest BCUT2D eigenvalue weighted by Gasteiger charge is 2.10. The molecule has 1 aliphatic rings. The van der Waals surface area contributed by atoms with Gasteiger partial charge < -0.3 is 9.69 Å². The Bertz CT molecular complexity index is 67.3. The average Bonchev–Trinajstić information content (AvgIpc) is 2.00. The Morgan fingerprint density at radius 3 is 2.00 bits per heavy atom.